The Balaban J connectivity index is 1.75. The minimum Gasteiger partial charge on any atom is -0.393 e. The molecule has 4 atom stereocenters. The van der Waals surface area contributed by atoms with E-state index in [1.165, 1.54) is 12.5 Å². The van der Waals surface area contributed by atoms with Gasteiger partial charge in [0.1, 0.15) is 5.82 Å². The van der Waals surface area contributed by atoms with Crippen LogP contribution < -0.4 is 5.32 Å². The Kier molecular flexibility index (Phi) is 2.89. The molecule has 0 saturated carbocycles. The van der Waals surface area contributed by atoms with E-state index in [1.807, 2.05) is 6.07 Å². The normalized spacial score (nSPS) is 36.1. The lowest BCUT2D eigenvalue weighted by Crippen LogP contribution is -2.48. The third-order valence-corrected chi connectivity index (χ3v) is 4.17. The van der Waals surface area contributed by atoms with E-state index in [0.717, 1.165) is 24.8 Å². The minimum atomic E-state index is -0.239. The second-order valence-electron chi connectivity index (χ2n) is 5.35. The van der Waals surface area contributed by atoms with Crippen LogP contribution in [-0.2, 0) is 6.42 Å². The number of benzene rings is 1. The van der Waals surface area contributed by atoms with Crippen molar-refractivity contribution in [1.29, 1.82) is 0 Å². The zero-order valence-corrected chi connectivity index (χ0v) is 9.77. The van der Waals surface area contributed by atoms with Gasteiger partial charge in [-0.3, -0.25) is 0 Å². The van der Waals surface area contributed by atoms with Crippen molar-refractivity contribution in [3.05, 3.63) is 35.6 Å². The highest BCUT2D eigenvalue weighted by atomic mass is 19.1. The molecule has 0 spiro atoms. The summed E-state index contributed by atoms with van der Waals surface area (Å²) in [4.78, 5) is 0. The van der Waals surface area contributed by atoms with Crippen molar-refractivity contribution < 1.29 is 9.50 Å². The average molecular weight is 235 g/mol. The Hall–Kier alpha value is -0.930. The summed E-state index contributed by atoms with van der Waals surface area (Å²) in [6.45, 7) is 0. The van der Waals surface area contributed by atoms with Crippen LogP contribution >= 0.6 is 0 Å². The maximum Gasteiger partial charge on any atom is 0.123 e. The van der Waals surface area contributed by atoms with Crippen molar-refractivity contribution in [2.45, 2.75) is 43.9 Å². The molecular formula is C14H18FNO. The molecule has 0 aliphatic carbocycles. The second kappa shape index (κ2) is 4.39. The first-order valence-corrected chi connectivity index (χ1v) is 6.41. The smallest absolute Gasteiger partial charge is 0.123 e. The van der Waals surface area contributed by atoms with Crippen LogP contribution in [0.3, 0.4) is 0 Å². The van der Waals surface area contributed by atoms with E-state index < -0.39 is 0 Å². The molecule has 3 heteroatoms. The van der Waals surface area contributed by atoms with Crippen LogP contribution in [-0.4, -0.2) is 23.3 Å². The maximum absolute atomic E-state index is 13.1. The molecule has 3 rings (SSSR count). The summed E-state index contributed by atoms with van der Waals surface area (Å²) < 4.78 is 13.1. The highest BCUT2D eigenvalue weighted by Crippen LogP contribution is 2.33. The first kappa shape index (κ1) is 11.2. The van der Waals surface area contributed by atoms with Gasteiger partial charge in [0.05, 0.1) is 6.10 Å². The van der Waals surface area contributed by atoms with E-state index in [4.69, 9.17) is 0 Å². The van der Waals surface area contributed by atoms with Gasteiger partial charge in [0.25, 0.3) is 0 Å². The van der Waals surface area contributed by atoms with E-state index >= 15 is 0 Å². The van der Waals surface area contributed by atoms with Gasteiger partial charge in [0.15, 0.2) is 0 Å². The summed E-state index contributed by atoms with van der Waals surface area (Å²) in [5, 5.41) is 13.7. The largest absolute Gasteiger partial charge is 0.393 e. The molecule has 1 aromatic carbocycles. The third-order valence-electron chi connectivity index (χ3n) is 4.17. The molecule has 92 valence electrons. The van der Waals surface area contributed by atoms with Crippen LogP contribution in [0.5, 0.6) is 0 Å². The maximum atomic E-state index is 13.1. The van der Waals surface area contributed by atoms with Gasteiger partial charge in [-0.2, -0.15) is 0 Å². The number of aliphatic hydroxyl groups excluding tert-OH is 1. The second-order valence-corrected chi connectivity index (χ2v) is 5.35. The van der Waals surface area contributed by atoms with Crippen molar-refractivity contribution in [3.63, 3.8) is 0 Å². The summed E-state index contributed by atoms with van der Waals surface area (Å²) in [7, 11) is 0. The quantitative estimate of drug-likeness (QED) is 0.820. The molecule has 2 heterocycles. The lowest BCUT2D eigenvalue weighted by Gasteiger charge is -2.34. The zero-order valence-electron chi connectivity index (χ0n) is 9.77. The molecule has 0 radical (unpaired) electrons. The highest BCUT2D eigenvalue weighted by Gasteiger charge is 2.40. The van der Waals surface area contributed by atoms with Gasteiger partial charge >= 0.3 is 0 Å². The molecule has 2 aliphatic heterocycles. The van der Waals surface area contributed by atoms with Gasteiger partial charge in [0, 0.05) is 18.0 Å². The fraction of sp³-hybridized carbons (Fsp3) is 0.571. The fourth-order valence-electron chi connectivity index (χ4n) is 3.32. The number of aliphatic hydroxyl groups is 1. The van der Waals surface area contributed by atoms with Gasteiger partial charge in [0.2, 0.25) is 0 Å². The number of piperidine rings is 1. The molecule has 0 aromatic heterocycles. The lowest BCUT2D eigenvalue weighted by molar-refractivity contribution is 0.0525. The summed E-state index contributed by atoms with van der Waals surface area (Å²) in [5.74, 6) is 0.0422. The fourth-order valence-corrected chi connectivity index (χ4v) is 3.32. The van der Waals surface area contributed by atoms with Gasteiger partial charge in [-0.15, -0.1) is 0 Å². The van der Waals surface area contributed by atoms with E-state index in [0.29, 0.717) is 12.1 Å². The number of rotatable bonds is 2. The van der Waals surface area contributed by atoms with Gasteiger partial charge < -0.3 is 10.4 Å². The summed E-state index contributed by atoms with van der Waals surface area (Å²) in [5.41, 5.74) is 0.987. The molecule has 2 aliphatic rings. The van der Waals surface area contributed by atoms with Crippen molar-refractivity contribution in [2.24, 2.45) is 5.92 Å². The van der Waals surface area contributed by atoms with E-state index in [9.17, 15) is 9.50 Å². The van der Waals surface area contributed by atoms with Crippen LogP contribution in [0.15, 0.2) is 24.3 Å². The van der Waals surface area contributed by atoms with Crippen LogP contribution in [0.1, 0.15) is 24.8 Å². The molecule has 2 fully saturated rings. The molecular weight excluding hydrogens is 217 g/mol. The van der Waals surface area contributed by atoms with E-state index in [2.05, 4.69) is 5.32 Å². The molecule has 4 unspecified atom stereocenters. The van der Waals surface area contributed by atoms with Crippen molar-refractivity contribution in [2.75, 3.05) is 0 Å². The average Bonchev–Trinajstić information content (AvgIpc) is 2.68. The van der Waals surface area contributed by atoms with Crippen LogP contribution in [0, 0.1) is 11.7 Å². The van der Waals surface area contributed by atoms with Gasteiger partial charge in [-0.25, -0.2) is 4.39 Å². The summed E-state index contributed by atoms with van der Waals surface area (Å²) in [6, 6.07) is 7.63. The van der Waals surface area contributed by atoms with E-state index in [1.54, 1.807) is 12.1 Å². The number of fused-ring (bicyclic) bond motifs is 2. The first-order chi connectivity index (χ1) is 8.22. The SMILES string of the molecule is OC1CC2CCC(N2)C1Cc1cccc(F)c1. The molecule has 2 N–H and O–H groups in total. The molecule has 17 heavy (non-hydrogen) atoms. The number of halogens is 1. The third kappa shape index (κ3) is 2.22. The Morgan fingerprint density at radius 3 is 3.06 bits per heavy atom. The van der Waals surface area contributed by atoms with Crippen LogP contribution in [0.25, 0.3) is 0 Å². The number of nitrogens with one attached hydrogen (secondary N) is 1. The predicted octanol–water partition coefficient (Wildman–Crippen LogP) is 1.87. The predicted molar refractivity (Wildman–Crippen MR) is 64.2 cm³/mol. The van der Waals surface area contributed by atoms with Crippen LogP contribution in [0.2, 0.25) is 0 Å². The van der Waals surface area contributed by atoms with Crippen molar-refractivity contribution in [3.8, 4) is 0 Å². The molecule has 0 amide bonds. The minimum absolute atomic E-state index is 0.190. The summed E-state index contributed by atoms with van der Waals surface area (Å²) in [6.07, 6.45) is 3.68. The molecule has 2 saturated heterocycles. The first-order valence-electron chi connectivity index (χ1n) is 6.41. The standard InChI is InChI=1S/C14H18FNO/c15-10-3-1-2-9(6-10)7-12-13-5-4-11(16-13)8-14(12)17/h1-3,6,11-14,16-17H,4-5,7-8H2. The summed E-state index contributed by atoms with van der Waals surface area (Å²) >= 11 is 0. The molecule has 1 aromatic rings. The van der Waals surface area contributed by atoms with Crippen molar-refractivity contribution in [1.82, 2.24) is 5.32 Å². The van der Waals surface area contributed by atoms with Crippen molar-refractivity contribution >= 4 is 0 Å². The van der Waals surface area contributed by atoms with Gasteiger partial charge in [-0.05, 0) is 43.4 Å². The van der Waals surface area contributed by atoms with Crippen LogP contribution in [0.4, 0.5) is 4.39 Å². The highest BCUT2D eigenvalue weighted by molar-refractivity contribution is 5.18. The number of hydrogen-bond acceptors (Lipinski definition) is 2. The topological polar surface area (TPSA) is 32.3 Å². The Morgan fingerprint density at radius 1 is 1.35 bits per heavy atom. The molecule has 2 bridgehead atoms. The Morgan fingerprint density at radius 2 is 2.24 bits per heavy atom. The lowest BCUT2D eigenvalue weighted by atomic mass is 9.84. The number of hydrogen-bond donors (Lipinski definition) is 2. The monoisotopic (exact) mass is 235 g/mol. The Labute approximate surface area is 101 Å². The van der Waals surface area contributed by atoms with Gasteiger partial charge in [-0.1, -0.05) is 12.1 Å². The zero-order chi connectivity index (χ0) is 11.8. The molecule has 2 nitrogen and oxygen atoms in total. The Bertz CT molecular complexity index is 409. The van der Waals surface area contributed by atoms with E-state index in [-0.39, 0.29) is 17.8 Å².